The average molecular weight is 266 g/mol. The molecule has 0 radical (unpaired) electrons. The third kappa shape index (κ3) is 3.57. The van der Waals surface area contributed by atoms with Crippen molar-refractivity contribution >= 4 is 27.5 Å². The normalized spacial score (nSPS) is 12.5. The highest BCUT2D eigenvalue weighted by Gasteiger charge is 2.22. The largest absolute Gasteiger partial charge is 0.456 e. The lowest BCUT2D eigenvalue weighted by atomic mass is 10.2. The van der Waals surface area contributed by atoms with E-state index in [-0.39, 0.29) is 5.56 Å². The topological polar surface area (TPSA) is 60.4 Å². The highest BCUT2D eigenvalue weighted by atomic mass is 32.3. The van der Waals surface area contributed by atoms with Crippen LogP contribution in [0.5, 0.6) is 0 Å². The molecule has 0 amide bonds. The van der Waals surface area contributed by atoms with E-state index in [1.807, 2.05) is 0 Å². The molecule has 0 aliphatic rings. The van der Waals surface area contributed by atoms with E-state index >= 15 is 0 Å². The lowest BCUT2D eigenvalue weighted by Gasteiger charge is -2.18. The maximum Gasteiger partial charge on any atom is 0.341 e. The average Bonchev–Trinajstić information content (AvgIpc) is 2.46. The summed E-state index contributed by atoms with van der Waals surface area (Å²) < 4.78 is 38.2. The van der Waals surface area contributed by atoms with Crippen molar-refractivity contribution < 1.29 is 21.8 Å². The number of carbonyl (C=O) groups is 1. The van der Waals surface area contributed by atoms with E-state index in [0.29, 0.717) is 11.3 Å². The number of hydrogen-bond acceptors (Lipinski definition) is 5. The fourth-order valence-corrected chi connectivity index (χ4v) is 2.36. The van der Waals surface area contributed by atoms with Crippen molar-refractivity contribution in [1.29, 1.82) is 0 Å². The molecule has 0 aromatic carbocycles. The van der Waals surface area contributed by atoms with Gasteiger partial charge in [-0.1, -0.05) is 3.89 Å². The minimum Gasteiger partial charge on any atom is -0.456 e. The zero-order valence-corrected chi connectivity index (χ0v) is 10.6. The Bertz CT molecular complexity index is 496. The first-order valence-corrected chi connectivity index (χ1v) is 6.62. The molecule has 4 nitrogen and oxygen atoms in total. The van der Waals surface area contributed by atoms with E-state index < -0.39 is 26.0 Å². The molecule has 1 heterocycles. The number of halogens is 1. The summed E-state index contributed by atoms with van der Waals surface area (Å²) in [4.78, 5) is 11.5. The Balaban J connectivity index is 2.92. The van der Waals surface area contributed by atoms with Crippen LogP contribution in [0.25, 0.3) is 0 Å². The Morgan fingerprint density at radius 2 is 2.00 bits per heavy atom. The van der Waals surface area contributed by atoms with Crippen molar-refractivity contribution in [3.05, 3.63) is 17.0 Å². The lowest BCUT2D eigenvalue weighted by Crippen LogP contribution is -2.23. The third-order valence-corrected chi connectivity index (χ3v) is 3.66. The summed E-state index contributed by atoms with van der Waals surface area (Å²) in [5.74, 6) is -0.668. The molecule has 1 aromatic rings. The third-order valence-electron chi connectivity index (χ3n) is 1.45. The quantitative estimate of drug-likeness (QED) is 0.609. The van der Waals surface area contributed by atoms with Gasteiger partial charge >= 0.3 is 16.2 Å². The van der Waals surface area contributed by atoms with Gasteiger partial charge in [0, 0.05) is 5.38 Å². The van der Waals surface area contributed by atoms with Gasteiger partial charge in [0.2, 0.25) is 0 Å². The monoisotopic (exact) mass is 266 g/mol. The van der Waals surface area contributed by atoms with Crippen LogP contribution in [0.2, 0.25) is 0 Å². The highest BCUT2D eigenvalue weighted by molar-refractivity contribution is 7.88. The fourth-order valence-electron chi connectivity index (χ4n) is 0.888. The maximum absolute atomic E-state index is 12.6. The van der Waals surface area contributed by atoms with Gasteiger partial charge < -0.3 is 4.74 Å². The van der Waals surface area contributed by atoms with Gasteiger partial charge in [0.25, 0.3) is 0 Å². The van der Waals surface area contributed by atoms with Crippen molar-refractivity contribution in [2.45, 2.75) is 30.6 Å². The van der Waals surface area contributed by atoms with Crippen molar-refractivity contribution in [3.8, 4) is 0 Å². The second-order valence-corrected chi connectivity index (χ2v) is 6.58. The van der Waals surface area contributed by atoms with Crippen molar-refractivity contribution in [3.63, 3.8) is 0 Å². The molecule has 0 bridgehead atoms. The lowest BCUT2D eigenvalue weighted by molar-refractivity contribution is 0.00700. The second kappa shape index (κ2) is 4.14. The first-order chi connectivity index (χ1) is 7.09. The summed E-state index contributed by atoms with van der Waals surface area (Å²) >= 11 is 0.647. The van der Waals surface area contributed by atoms with Crippen LogP contribution >= 0.6 is 11.3 Å². The molecule has 0 aliphatic carbocycles. The number of hydrogen-bond donors (Lipinski definition) is 0. The molecule has 0 N–H and O–H groups in total. The SMILES string of the molecule is CC(C)(C)OC(=O)c1csc(S(=O)(=O)F)c1. The van der Waals surface area contributed by atoms with Crippen LogP contribution in [0, 0.1) is 0 Å². The molecule has 0 fully saturated rings. The molecule has 0 saturated carbocycles. The summed E-state index contributed by atoms with van der Waals surface area (Å²) in [6.07, 6.45) is 0. The predicted octanol–water partition coefficient (Wildman–Crippen LogP) is 2.36. The fraction of sp³-hybridized carbons (Fsp3) is 0.444. The Labute approximate surface area is 97.3 Å². The zero-order chi connectivity index (χ0) is 12.6. The minimum atomic E-state index is -4.75. The molecular weight excluding hydrogens is 255 g/mol. The summed E-state index contributed by atoms with van der Waals surface area (Å²) in [5.41, 5.74) is -0.635. The van der Waals surface area contributed by atoms with Gasteiger partial charge in [0.1, 0.15) is 5.60 Å². The van der Waals surface area contributed by atoms with Gasteiger partial charge in [-0.25, -0.2) is 4.79 Å². The molecule has 0 unspecified atom stereocenters. The van der Waals surface area contributed by atoms with Gasteiger partial charge in [-0.2, -0.15) is 8.42 Å². The smallest absolute Gasteiger partial charge is 0.341 e. The Morgan fingerprint density at radius 1 is 1.44 bits per heavy atom. The Kier molecular flexibility index (Phi) is 3.39. The number of carbonyl (C=O) groups excluding carboxylic acids is 1. The van der Waals surface area contributed by atoms with Gasteiger partial charge in [-0.3, -0.25) is 0 Å². The van der Waals surface area contributed by atoms with Crippen LogP contribution in [0.15, 0.2) is 15.7 Å². The summed E-state index contributed by atoms with van der Waals surface area (Å²) in [6.45, 7) is 5.05. The first-order valence-electron chi connectivity index (χ1n) is 4.36. The van der Waals surface area contributed by atoms with Crippen molar-refractivity contribution in [1.82, 2.24) is 0 Å². The summed E-state index contributed by atoms with van der Waals surface area (Å²) in [5, 5.41) is 1.25. The molecule has 1 rings (SSSR count). The van der Waals surface area contributed by atoms with Crippen LogP contribution < -0.4 is 0 Å². The number of esters is 1. The van der Waals surface area contributed by atoms with E-state index in [1.165, 1.54) is 5.38 Å². The van der Waals surface area contributed by atoms with Crippen molar-refractivity contribution in [2.24, 2.45) is 0 Å². The van der Waals surface area contributed by atoms with Crippen LogP contribution in [0.3, 0.4) is 0 Å². The molecule has 90 valence electrons. The van der Waals surface area contributed by atoms with Crippen LogP contribution in [-0.4, -0.2) is 20.0 Å². The summed E-state index contributed by atoms with van der Waals surface area (Å²) in [6, 6.07) is 0.966. The minimum absolute atomic E-state index is 0.0381. The molecule has 0 saturated heterocycles. The van der Waals surface area contributed by atoms with Gasteiger partial charge in [-0.05, 0) is 26.8 Å². The zero-order valence-electron chi connectivity index (χ0n) is 8.98. The van der Waals surface area contributed by atoms with E-state index in [1.54, 1.807) is 20.8 Å². The van der Waals surface area contributed by atoms with E-state index in [2.05, 4.69) is 0 Å². The molecule has 0 spiro atoms. The Morgan fingerprint density at radius 3 is 2.38 bits per heavy atom. The first kappa shape index (κ1) is 13.1. The Hall–Kier alpha value is -0.950. The van der Waals surface area contributed by atoms with Gasteiger partial charge in [-0.15, -0.1) is 11.3 Å². The van der Waals surface area contributed by atoms with E-state index in [0.717, 1.165) is 6.07 Å². The van der Waals surface area contributed by atoms with Crippen LogP contribution in [0.1, 0.15) is 31.1 Å². The molecular formula is C9H11FO4S2. The summed E-state index contributed by atoms with van der Waals surface area (Å²) in [7, 11) is -4.75. The molecule has 16 heavy (non-hydrogen) atoms. The highest BCUT2D eigenvalue weighted by Crippen LogP contribution is 2.23. The van der Waals surface area contributed by atoms with E-state index in [4.69, 9.17) is 4.74 Å². The molecule has 1 aromatic heterocycles. The standard InChI is InChI=1S/C9H11FO4S2/c1-9(2,3)14-8(11)6-4-7(15-5-6)16(10,12)13/h4-5H,1-3H3. The second-order valence-electron chi connectivity index (χ2n) is 4.09. The van der Waals surface area contributed by atoms with Gasteiger partial charge in [0.05, 0.1) is 5.56 Å². The number of rotatable bonds is 2. The van der Waals surface area contributed by atoms with E-state index in [9.17, 15) is 17.1 Å². The van der Waals surface area contributed by atoms with Crippen LogP contribution in [-0.2, 0) is 15.0 Å². The van der Waals surface area contributed by atoms with Gasteiger partial charge in [0.15, 0.2) is 4.21 Å². The molecule has 0 atom stereocenters. The maximum atomic E-state index is 12.6. The molecule has 7 heteroatoms. The predicted molar refractivity (Wildman–Crippen MR) is 57.8 cm³/mol. The van der Waals surface area contributed by atoms with Crippen molar-refractivity contribution in [2.75, 3.05) is 0 Å². The number of thiophene rings is 1. The number of ether oxygens (including phenoxy) is 1. The van der Waals surface area contributed by atoms with Crippen LogP contribution in [0.4, 0.5) is 3.89 Å². The molecule has 0 aliphatic heterocycles.